The van der Waals surface area contributed by atoms with E-state index in [0.29, 0.717) is 11.1 Å². The number of hydrogen-bond acceptors (Lipinski definition) is 5. The molecule has 1 aromatic rings. The molecule has 0 aliphatic heterocycles. The molecule has 0 saturated carbocycles. The molecule has 1 rings (SSSR count). The Morgan fingerprint density at radius 1 is 1.16 bits per heavy atom. The van der Waals surface area contributed by atoms with Crippen molar-refractivity contribution in [2.75, 3.05) is 7.05 Å². The molecule has 0 spiro atoms. The van der Waals surface area contributed by atoms with Crippen LogP contribution in [0.4, 0.5) is 4.79 Å². The fraction of sp³-hybridized carbons (Fsp3) is 0.609. The van der Waals surface area contributed by atoms with E-state index in [1.807, 2.05) is 13.8 Å². The molecule has 0 aromatic heterocycles. The Morgan fingerprint density at radius 2 is 1.77 bits per heavy atom. The van der Waals surface area contributed by atoms with Crippen LogP contribution in [0.25, 0.3) is 0 Å². The van der Waals surface area contributed by atoms with Crippen molar-refractivity contribution in [1.82, 2.24) is 15.5 Å². The third-order valence-electron chi connectivity index (χ3n) is 4.73. The number of phenolic OH excluding ortho intramolecular Hbond substituents is 1. The number of nitrogens with zero attached hydrogens (tertiary/aromatic N) is 1. The largest absolute Gasteiger partial charge is 0.508 e. The van der Waals surface area contributed by atoms with Gasteiger partial charge >= 0.3 is 6.09 Å². The lowest BCUT2D eigenvalue weighted by molar-refractivity contribution is -0.140. The van der Waals surface area contributed by atoms with Crippen LogP contribution in [0.5, 0.6) is 5.75 Å². The van der Waals surface area contributed by atoms with Gasteiger partial charge in [0.25, 0.3) is 0 Å². The van der Waals surface area contributed by atoms with Gasteiger partial charge in [-0.15, -0.1) is 0 Å². The van der Waals surface area contributed by atoms with Gasteiger partial charge in [-0.2, -0.15) is 0 Å². The smallest absolute Gasteiger partial charge is 0.408 e. The summed E-state index contributed by atoms with van der Waals surface area (Å²) < 4.78 is 5.21. The first kappa shape index (κ1) is 26.3. The summed E-state index contributed by atoms with van der Waals surface area (Å²) >= 11 is 0. The van der Waals surface area contributed by atoms with Crippen LogP contribution in [0, 0.1) is 6.92 Å². The molecule has 3 atom stereocenters. The number of ether oxygens (including phenoxy) is 1. The predicted octanol–water partition coefficient (Wildman–Crippen LogP) is 3.42. The van der Waals surface area contributed by atoms with Gasteiger partial charge in [0.1, 0.15) is 23.4 Å². The number of carbonyl (C=O) groups excluding carboxylic acids is 3. The molecule has 1 aromatic carbocycles. The van der Waals surface area contributed by atoms with E-state index >= 15 is 0 Å². The highest BCUT2D eigenvalue weighted by Gasteiger charge is 2.33. The molecule has 174 valence electrons. The summed E-state index contributed by atoms with van der Waals surface area (Å²) in [4.78, 5) is 39.5. The summed E-state index contributed by atoms with van der Waals surface area (Å²) in [5.74, 6) is -0.664. The first-order valence-electron chi connectivity index (χ1n) is 10.6. The van der Waals surface area contributed by atoms with Gasteiger partial charge in [-0.1, -0.05) is 19.4 Å². The highest BCUT2D eigenvalue weighted by Crippen LogP contribution is 2.26. The zero-order valence-corrected chi connectivity index (χ0v) is 19.9. The second kappa shape index (κ2) is 11.0. The van der Waals surface area contributed by atoms with Gasteiger partial charge in [0.05, 0.1) is 0 Å². The number of alkyl carbamates (subject to hydrolysis) is 1. The van der Waals surface area contributed by atoms with Gasteiger partial charge in [0, 0.05) is 13.1 Å². The normalized spacial score (nSPS) is 14.2. The minimum absolute atomic E-state index is 0.0565. The van der Waals surface area contributed by atoms with Gasteiger partial charge in [-0.05, 0) is 71.2 Å². The van der Waals surface area contributed by atoms with E-state index in [4.69, 9.17) is 4.74 Å². The number of aromatic hydroxyl groups is 1. The fourth-order valence-corrected chi connectivity index (χ4v) is 3.21. The number of carbonyl (C=O) groups is 3. The van der Waals surface area contributed by atoms with Crippen LogP contribution in [0.3, 0.4) is 0 Å². The second-order valence-electron chi connectivity index (χ2n) is 8.96. The summed E-state index contributed by atoms with van der Waals surface area (Å²) in [5, 5.41) is 15.3. The Hall–Kier alpha value is -2.77. The molecule has 0 aliphatic rings. The quantitative estimate of drug-likeness (QED) is 0.580. The minimum Gasteiger partial charge on any atom is -0.508 e. The van der Waals surface area contributed by atoms with Gasteiger partial charge in [-0.25, -0.2) is 4.79 Å². The van der Waals surface area contributed by atoms with E-state index in [1.54, 1.807) is 46.8 Å². The van der Waals surface area contributed by atoms with Crippen molar-refractivity contribution in [2.45, 2.75) is 85.0 Å². The SMILES string of the molecule is CCCC(C)NC(=O)C(c1ccc(O)c(C)c1)N(C)C(=O)C(C)NC(=O)OC(C)(C)C. The topological polar surface area (TPSA) is 108 Å². The second-order valence-corrected chi connectivity index (χ2v) is 8.96. The molecule has 0 fully saturated rings. The van der Waals surface area contributed by atoms with Crippen LogP contribution in [0.2, 0.25) is 0 Å². The van der Waals surface area contributed by atoms with E-state index in [2.05, 4.69) is 10.6 Å². The van der Waals surface area contributed by atoms with Crippen LogP contribution in [-0.4, -0.2) is 52.6 Å². The van der Waals surface area contributed by atoms with Gasteiger partial charge < -0.3 is 25.4 Å². The van der Waals surface area contributed by atoms with E-state index in [9.17, 15) is 19.5 Å². The van der Waals surface area contributed by atoms with Crippen molar-refractivity contribution in [1.29, 1.82) is 0 Å². The van der Waals surface area contributed by atoms with Crippen LogP contribution in [0.1, 0.15) is 71.6 Å². The highest BCUT2D eigenvalue weighted by molar-refractivity contribution is 5.91. The molecule has 3 unspecified atom stereocenters. The van der Waals surface area contributed by atoms with Crippen LogP contribution in [-0.2, 0) is 14.3 Å². The van der Waals surface area contributed by atoms with Crippen molar-refractivity contribution in [3.63, 3.8) is 0 Å². The standard InChI is InChI=1S/C23H37N3O5/c1-9-10-15(3)24-20(28)19(17-11-12-18(27)14(2)13-17)26(8)21(29)16(4)25-22(30)31-23(5,6)7/h11-13,15-16,19,27H,9-10H2,1-8H3,(H,24,28)(H,25,30). The predicted molar refractivity (Wildman–Crippen MR) is 120 cm³/mol. The van der Waals surface area contributed by atoms with Gasteiger partial charge in [-0.3, -0.25) is 9.59 Å². The van der Waals surface area contributed by atoms with E-state index < -0.39 is 29.7 Å². The van der Waals surface area contributed by atoms with E-state index in [0.717, 1.165) is 12.8 Å². The summed E-state index contributed by atoms with van der Waals surface area (Å²) in [6.07, 6.45) is 1.01. The average Bonchev–Trinajstić information content (AvgIpc) is 2.62. The first-order valence-corrected chi connectivity index (χ1v) is 10.6. The van der Waals surface area contributed by atoms with E-state index in [-0.39, 0.29) is 17.7 Å². The number of aryl methyl sites for hydroxylation is 1. The highest BCUT2D eigenvalue weighted by atomic mass is 16.6. The molecule has 0 aliphatic carbocycles. The molecule has 0 heterocycles. The maximum atomic E-state index is 13.1. The molecule has 8 nitrogen and oxygen atoms in total. The molecule has 0 saturated heterocycles. The van der Waals surface area contributed by atoms with E-state index in [1.165, 1.54) is 18.0 Å². The van der Waals surface area contributed by atoms with Gasteiger partial charge in [0.15, 0.2) is 0 Å². The molecule has 3 amide bonds. The zero-order chi connectivity index (χ0) is 23.9. The third-order valence-corrected chi connectivity index (χ3v) is 4.73. The molecule has 3 N–H and O–H groups in total. The third kappa shape index (κ3) is 8.11. The Balaban J connectivity index is 3.12. The van der Waals surface area contributed by atoms with Crippen LogP contribution in [0.15, 0.2) is 18.2 Å². The number of phenols is 1. The van der Waals surface area contributed by atoms with Crippen LogP contribution < -0.4 is 10.6 Å². The van der Waals surface area contributed by atoms with Crippen molar-refractivity contribution < 1.29 is 24.2 Å². The average molecular weight is 436 g/mol. The fourth-order valence-electron chi connectivity index (χ4n) is 3.21. The molecular formula is C23H37N3O5. The molecule has 8 heteroatoms. The lowest BCUT2D eigenvalue weighted by atomic mass is 10.0. The lowest BCUT2D eigenvalue weighted by Gasteiger charge is -2.31. The lowest BCUT2D eigenvalue weighted by Crippen LogP contribution is -2.51. The Bertz CT molecular complexity index is 788. The Morgan fingerprint density at radius 3 is 2.29 bits per heavy atom. The Labute approximate surface area is 185 Å². The summed E-state index contributed by atoms with van der Waals surface area (Å²) in [5.41, 5.74) is 0.467. The number of hydrogen-bond donors (Lipinski definition) is 3. The van der Waals surface area contributed by atoms with Crippen molar-refractivity contribution in [2.24, 2.45) is 0 Å². The molecule has 0 bridgehead atoms. The first-order chi connectivity index (χ1) is 14.3. The number of nitrogens with one attached hydrogen (secondary N) is 2. The number of likely N-dealkylation sites (N-methyl/N-ethyl adjacent to an activating group) is 1. The maximum absolute atomic E-state index is 13.1. The van der Waals surface area contributed by atoms with Crippen molar-refractivity contribution >= 4 is 17.9 Å². The number of rotatable bonds is 8. The number of amides is 3. The van der Waals surface area contributed by atoms with Crippen molar-refractivity contribution in [3.8, 4) is 5.75 Å². The summed E-state index contributed by atoms with van der Waals surface area (Å²) in [7, 11) is 1.52. The van der Waals surface area contributed by atoms with Crippen LogP contribution >= 0.6 is 0 Å². The van der Waals surface area contributed by atoms with Crippen molar-refractivity contribution in [3.05, 3.63) is 29.3 Å². The monoisotopic (exact) mass is 435 g/mol. The summed E-state index contributed by atoms with van der Waals surface area (Å²) in [6, 6.07) is 2.92. The van der Waals surface area contributed by atoms with Gasteiger partial charge in [0.2, 0.25) is 11.8 Å². The molecular weight excluding hydrogens is 398 g/mol. The molecule has 31 heavy (non-hydrogen) atoms. The summed E-state index contributed by atoms with van der Waals surface area (Å²) in [6.45, 7) is 12.4. The zero-order valence-electron chi connectivity index (χ0n) is 19.9. The minimum atomic E-state index is -0.922. The molecule has 0 radical (unpaired) electrons. The maximum Gasteiger partial charge on any atom is 0.408 e. The Kier molecular flexibility index (Phi) is 9.34. The number of benzene rings is 1.